The third-order valence-electron chi connectivity index (χ3n) is 4.89. The van der Waals surface area contributed by atoms with Gasteiger partial charge in [-0.3, -0.25) is 9.88 Å². The molecular weight excluding hydrogens is 415 g/mol. The molecule has 0 radical (unpaired) electrons. The minimum absolute atomic E-state index is 0.0395. The van der Waals surface area contributed by atoms with E-state index in [1.807, 2.05) is 40.1 Å². The number of aromatic nitrogens is 1. The van der Waals surface area contributed by atoms with E-state index in [9.17, 15) is 4.79 Å². The van der Waals surface area contributed by atoms with Crippen LogP contribution >= 0.6 is 35.0 Å². The van der Waals surface area contributed by atoms with Crippen LogP contribution in [0.4, 0.5) is 4.79 Å². The van der Waals surface area contributed by atoms with Crippen molar-refractivity contribution in [3.8, 4) is 0 Å². The van der Waals surface area contributed by atoms with Gasteiger partial charge in [-0.05, 0) is 42.2 Å². The van der Waals surface area contributed by atoms with Crippen LogP contribution in [0.1, 0.15) is 18.2 Å². The number of benzene rings is 1. The number of nitrogens with zero attached hydrogens (tertiary/aromatic N) is 4. The van der Waals surface area contributed by atoms with Crippen molar-refractivity contribution in [2.45, 2.75) is 25.5 Å². The number of rotatable bonds is 5. The van der Waals surface area contributed by atoms with E-state index in [0.717, 1.165) is 17.0 Å². The van der Waals surface area contributed by atoms with E-state index in [1.54, 1.807) is 24.0 Å². The molecule has 8 heteroatoms. The van der Waals surface area contributed by atoms with Crippen molar-refractivity contribution in [1.29, 1.82) is 0 Å². The van der Waals surface area contributed by atoms with Crippen LogP contribution in [-0.2, 0) is 13.1 Å². The van der Waals surface area contributed by atoms with Gasteiger partial charge in [0.25, 0.3) is 0 Å². The number of thioether (sulfide) groups is 1. The second-order valence-electron chi connectivity index (χ2n) is 6.82. The van der Waals surface area contributed by atoms with Crippen LogP contribution in [0, 0.1) is 0 Å². The average Bonchev–Trinajstić information content (AvgIpc) is 3.22. The van der Waals surface area contributed by atoms with E-state index in [4.69, 9.17) is 23.2 Å². The van der Waals surface area contributed by atoms with Gasteiger partial charge in [0.1, 0.15) is 0 Å². The van der Waals surface area contributed by atoms with Crippen molar-refractivity contribution in [3.05, 3.63) is 75.0 Å². The summed E-state index contributed by atoms with van der Waals surface area (Å²) < 4.78 is 0. The number of hydrogen-bond acceptors (Lipinski definition) is 4. The molecule has 1 fully saturated rings. The minimum Gasteiger partial charge on any atom is -0.340 e. The zero-order valence-electron chi connectivity index (χ0n) is 15.4. The molecule has 1 atom stereocenters. The zero-order chi connectivity index (χ0) is 19.7. The lowest BCUT2D eigenvalue weighted by Crippen LogP contribution is -2.45. The van der Waals surface area contributed by atoms with Gasteiger partial charge in [0, 0.05) is 31.5 Å². The summed E-state index contributed by atoms with van der Waals surface area (Å²) >= 11 is 13.8. The largest absolute Gasteiger partial charge is 0.340 e. The Bertz CT molecular complexity index is 908. The number of halogens is 2. The van der Waals surface area contributed by atoms with Crippen LogP contribution in [-0.4, -0.2) is 44.3 Å². The molecule has 0 spiro atoms. The van der Waals surface area contributed by atoms with E-state index < -0.39 is 0 Å². The molecule has 2 amide bonds. The van der Waals surface area contributed by atoms with E-state index in [-0.39, 0.29) is 11.5 Å². The Kier molecular flexibility index (Phi) is 5.71. The fourth-order valence-electron chi connectivity index (χ4n) is 3.40. The Labute approximate surface area is 178 Å². The summed E-state index contributed by atoms with van der Waals surface area (Å²) in [6, 6.07) is 11.4. The minimum atomic E-state index is -0.0479. The van der Waals surface area contributed by atoms with Gasteiger partial charge < -0.3 is 9.80 Å². The summed E-state index contributed by atoms with van der Waals surface area (Å²) in [4.78, 5) is 23.5. The molecule has 1 unspecified atom stereocenters. The number of amides is 2. The molecule has 2 aromatic rings. The monoisotopic (exact) mass is 434 g/mol. The fraction of sp³-hybridized carbons (Fsp3) is 0.300. The van der Waals surface area contributed by atoms with Gasteiger partial charge in [0.05, 0.1) is 22.3 Å². The van der Waals surface area contributed by atoms with Crippen LogP contribution < -0.4 is 0 Å². The Morgan fingerprint density at radius 3 is 2.75 bits per heavy atom. The summed E-state index contributed by atoms with van der Waals surface area (Å²) in [5.41, 5.74) is 3.06. The van der Waals surface area contributed by atoms with Crippen molar-refractivity contribution >= 4 is 41.0 Å². The van der Waals surface area contributed by atoms with Crippen LogP contribution in [0.25, 0.3) is 0 Å². The second kappa shape index (κ2) is 8.23. The molecule has 5 nitrogen and oxygen atoms in total. The van der Waals surface area contributed by atoms with Crippen LogP contribution in [0.2, 0.25) is 10.0 Å². The molecule has 146 valence electrons. The maximum atomic E-state index is 13.1. The van der Waals surface area contributed by atoms with E-state index in [0.29, 0.717) is 36.2 Å². The molecular formula is C20H20Cl2N4OS. The van der Waals surface area contributed by atoms with Gasteiger partial charge in [-0.1, -0.05) is 47.1 Å². The van der Waals surface area contributed by atoms with Crippen LogP contribution in [0.15, 0.2) is 53.7 Å². The van der Waals surface area contributed by atoms with E-state index >= 15 is 0 Å². The third-order valence-corrected chi connectivity index (χ3v) is 6.86. The first-order valence-corrected chi connectivity index (χ1v) is 10.7. The molecule has 2 aliphatic rings. The quantitative estimate of drug-likeness (QED) is 0.661. The number of urea groups is 1. The molecule has 1 aromatic heterocycles. The summed E-state index contributed by atoms with van der Waals surface area (Å²) in [6.45, 7) is 4.65. The van der Waals surface area contributed by atoms with E-state index in [1.165, 1.54) is 0 Å². The standard InChI is InChI=1S/C20H20Cl2N4OS/c1-14-13-28-20(26(14)12-16-4-2-3-7-23-16)25-9-8-24(19(25)27)11-15-5-6-17(21)18(22)10-15/h2-7,10,13,20H,8-9,11-12H2,1H3. The molecule has 2 aliphatic heterocycles. The van der Waals surface area contributed by atoms with Crippen molar-refractivity contribution in [2.75, 3.05) is 13.1 Å². The Hall–Kier alpha value is -1.89. The number of carbonyl (C=O) groups is 1. The maximum Gasteiger partial charge on any atom is 0.322 e. The summed E-state index contributed by atoms with van der Waals surface area (Å²) in [7, 11) is 0. The molecule has 28 heavy (non-hydrogen) atoms. The molecule has 3 heterocycles. The SMILES string of the molecule is CC1=CSC(N2CCN(Cc3ccc(Cl)c(Cl)c3)C2=O)N1Cc1ccccn1. The van der Waals surface area contributed by atoms with Crippen molar-refractivity contribution in [3.63, 3.8) is 0 Å². The van der Waals surface area contributed by atoms with Crippen LogP contribution in [0.5, 0.6) is 0 Å². The second-order valence-corrected chi connectivity index (χ2v) is 8.56. The lowest BCUT2D eigenvalue weighted by Gasteiger charge is -2.33. The molecule has 0 bridgehead atoms. The first-order chi connectivity index (χ1) is 13.5. The zero-order valence-corrected chi connectivity index (χ0v) is 17.7. The number of allylic oxidation sites excluding steroid dienone is 1. The van der Waals surface area contributed by atoms with Gasteiger partial charge >= 0.3 is 6.03 Å². The van der Waals surface area contributed by atoms with Gasteiger partial charge in [-0.2, -0.15) is 0 Å². The smallest absolute Gasteiger partial charge is 0.322 e. The topological polar surface area (TPSA) is 39.7 Å². The molecule has 0 N–H and O–H groups in total. The Balaban J connectivity index is 1.45. The van der Waals surface area contributed by atoms with Gasteiger partial charge in [0.15, 0.2) is 5.50 Å². The Morgan fingerprint density at radius 2 is 2.00 bits per heavy atom. The highest BCUT2D eigenvalue weighted by molar-refractivity contribution is 8.02. The number of pyridine rings is 1. The molecule has 0 saturated carbocycles. The van der Waals surface area contributed by atoms with E-state index in [2.05, 4.69) is 22.2 Å². The van der Waals surface area contributed by atoms with Gasteiger partial charge in [-0.15, -0.1) is 0 Å². The highest BCUT2D eigenvalue weighted by atomic mass is 35.5. The lowest BCUT2D eigenvalue weighted by atomic mass is 10.2. The molecule has 4 rings (SSSR count). The number of hydrogen-bond donors (Lipinski definition) is 0. The summed E-state index contributed by atoms with van der Waals surface area (Å²) in [5.74, 6) is 0. The third kappa shape index (κ3) is 3.95. The first kappa shape index (κ1) is 19.4. The van der Waals surface area contributed by atoms with Crippen molar-refractivity contribution < 1.29 is 4.79 Å². The first-order valence-electron chi connectivity index (χ1n) is 9.01. The van der Waals surface area contributed by atoms with Crippen LogP contribution in [0.3, 0.4) is 0 Å². The predicted octanol–water partition coefficient (Wildman–Crippen LogP) is 5.02. The predicted molar refractivity (Wildman–Crippen MR) is 114 cm³/mol. The molecule has 1 aromatic carbocycles. The highest BCUT2D eigenvalue weighted by Gasteiger charge is 2.39. The van der Waals surface area contributed by atoms with Crippen molar-refractivity contribution in [1.82, 2.24) is 19.7 Å². The Morgan fingerprint density at radius 1 is 1.14 bits per heavy atom. The summed E-state index contributed by atoms with van der Waals surface area (Å²) in [6.07, 6.45) is 1.80. The van der Waals surface area contributed by atoms with Gasteiger partial charge in [0.2, 0.25) is 0 Å². The van der Waals surface area contributed by atoms with Gasteiger partial charge in [-0.25, -0.2) is 4.79 Å². The molecule has 1 saturated heterocycles. The number of carbonyl (C=O) groups excluding carboxylic acids is 1. The average molecular weight is 435 g/mol. The fourth-order valence-corrected chi connectivity index (χ4v) is 4.90. The van der Waals surface area contributed by atoms with Crippen molar-refractivity contribution in [2.24, 2.45) is 0 Å². The molecule has 0 aliphatic carbocycles. The normalized spacial score (nSPS) is 19.5. The maximum absolute atomic E-state index is 13.1. The summed E-state index contributed by atoms with van der Waals surface area (Å²) in [5, 5.41) is 3.15. The highest BCUT2D eigenvalue weighted by Crippen LogP contribution is 2.36. The lowest BCUT2D eigenvalue weighted by molar-refractivity contribution is 0.148.